The molecule has 1 fully saturated rings. The van der Waals surface area contributed by atoms with E-state index in [1.807, 2.05) is 47.4 Å². The third-order valence-corrected chi connectivity index (χ3v) is 5.72. The smallest absolute Gasteiger partial charge is 0.307 e. The lowest BCUT2D eigenvalue weighted by Gasteiger charge is -2.35. The number of anilines is 1. The lowest BCUT2D eigenvalue weighted by atomic mass is 10.0. The Balaban J connectivity index is 1.53. The number of rotatable bonds is 10. The summed E-state index contributed by atoms with van der Waals surface area (Å²) in [6.07, 6.45) is 1.40. The number of hydrogen-bond donors (Lipinski definition) is 1. The number of carbonyl (C=O) groups is 3. The van der Waals surface area contributed by atoms with Crippen LogP contribution in [0.1, 0.15) is 30.9 Å². The van der Waals surface area contributed by atoms with Gasteiger partial charge in [0.15, 0.2) is 0 Å². The second-order valence-corrected chi connectivity index (χ2v) is 8.19. The molecule has 178 valence electrons. The molecule has 0 spiro atoms. The van der Waals surface area contributed by atoms with E-state index < -0.39 is 0 Å². The summed E-state index contributed by atoms with van der Waals surface area (Å²) in [5.74, 6) is -0.785. The molecule has 1 N–H and O–H groups in total. The highest BCUT2D eigenvalue weighted by Gasteiger charge is 2.27. The van der Waals surface area contributed by atoms with Crippen LogP contribution in [0.2, 0.25) is 0 Å². The average Bonchev–Trinajstić information content (AvgIpc) is 2.84. The van der Waals surface area contributed by atoms with E-state index in [1.54, 1.807) is 19.1 Å². The summed E-state index contributed by atoms with van der Waals surface area (Å²) in [4.78, 5) is 40.9. The molecule has 1 saturated heterocycles. The van der Waals surface area contributed by atoms with Crippen LogP contribution in [0, 0.1) is 11.3 Å². The van der Waals surface area contributed by atoms with Crippen molar-refractivity contribution in [3.05, 3.63) is 65.7 Å². The lowest BCUT2D eigenvalue weighted by Crippen LogP contribution is -2.54. The van der Waals surface area contributed by atoms with E-state index in [1.165, 1.54) is 4.90 Å². The maximum atomic E-state index is 12.7. The fourth-order valence-electron chi connectivity index (χ4n) is 3.92. The van der Waals surface area contributed by atoms with Gasteiger partial charge in [0.25, 0.3) is 0 Å². The molecule has 0 saturated carbocycles. The fourth-order valence-corrected chi connectivity index (χ4v) is 3.92. The van der Waals surface area contributed by atoms with Crippen molar-refractivity contribution in [1.29, 1.82) is 5.26 Å². The highest BCUT2D eigenvalue weighted by Crippen LogP contribution is 2.18. The number of benzene rings is 2. The molecule has 0 bridgehead atoms. The molecule has 34 heavy (non-hydrogen) atoms. The van der Waals surface area contributed by atoms with E-state index in [0.29, 0.717) is 31.5 Å². The van der Waals surface area contributed by atoms with E-state index in [4.69, 9.17) is 10.00 Å². The van der Waals surface area contributed by atoms with Crippen molar-refractivity contribution in [3.63, 3.8) is 0 Å². The molecule has 1 atom stereocenters. The fraction of sp³-hybridized carbons (Fsp3) is 0.385. The number of nitrogens with one attached hydrogen (secondary N) is 1. The second-order valence-electron chi connectivity index (χ2n) is 8.19. The first-order valence-corrected chi connectivity index (χ1v) is 11.5. The zero-order valence-corrected chi connectivity index (χ0v) is 19.4. The van der Waals surface area contributed by atoms with E-state index in [9.17, 15) is 14.4 Å². The Morgan fingerprint density at radius 1 is 1.12 bits per heavy atom. The summed E-state index contributed by atoms with van der Waals surface area (Å²) in [6.45, 7) is 3.16. The highest BCUT2D eigenvalue weighted by atomic mass is 16.5. The number of nitriles is 1. The highest BCUT2D eigenvalue weighted by molar-refractivity contribution is 5.88. The van der Waals surface area contributed by atoms with Gasteiger partial charge in [-0.05, 0) is 49.6 Å². The van der Waals surface area contributed by atoms with E-state index in [0.717, 1.165) is 11.3 Å². The minimum atomic E-state index is -0.373. The maximum absolute atomic E-state index is 12.7. The minimum Gasteiger partial charge on any atom is -0.466 e. The summed E-state index contributed by atoms with van der Waals surface area (Å²) in [6, 6.07) is 18.7. The molecule has 8 heteroatoms. The Morgan fingerprint density at radius 3 is 2.50 bits per heavy atom. The van der Waals surface area contributed by atoms with Crippen LogP contribution in [0.25, 0.3) is 0 Å². The van der Waals surface area contributed by atoms with Crippen molar-refractivity contribution in [2.24, 2.45) is 0 Å². The number of amides is 2. The predicted octanol–water partition coefficient (Wildman–Crippen LogP) is 2.28. The van der Waals surface area contributed by atoms with Gasteiger partial charge < -0.3 is 19.9 Å². The first-order chi connectivity index (χ1) is 16.5. The number of carbonyl (C=O) groups excluding carboxylic acids is 3. The zero-order valence-electron chi connectivity index (χ0n) is 19.4. The normalized spacial score (nSPS) is 14.3. The van der Waals surface area contributed by atoms with E-state index in [2.05, 4.69) is 11.4 Å². The van der Waals surface area contributed by atoms with Crippen LogP contribution in [-0.4, -0.2) is 61.5 Å². The van der Waals surface area contributed by atoms with Gasteiger partial charge in [-0.15, -0.1) is 0 Å². The van der Waals surface area contributed by atoms with Crippen molar-refractivity contribution in [1.82, 2.24) is 10.2 Å². The Labute approximate surface area is 200 Å². The number of ether oxygens (including phenoxy) is 1. The Hall–Kier alpha value is -3.86. The van der Waals surface area contributed by atoms with Crippen LogP contribution in [0.3, 0.4) is 0 Å². The molecular weight excluding hydrogens is 432 g/mol. The Bertz CT molecular complexity index is 1020. The van der Waals surface area contributed by atoms with Gasteiger partial charge in [-0.3, -0.25) is 14.4 Å². The van der Waals surface area contributed by atoms with Gasteiger partial charge >= 0.3 is 5.97 Å². The first-order valence-electron chi connectivity index (χ1n) is 11.5. The van der Waals surface area contributed by atoms with Crippen molar-refractivity contribution < 1.29 is 19.1 Å². The average molecular weight is 463 g/mol. The molecule has 8 nitrogen and oxygen atoms in total. The third-order valence-electron chi connectivity index (χ3n) is 5.72. The molecule has 2 aromatic rings. The number of nitrogens with zero attached hydrogens (tertiary/aromatic N) is 3. The van der Waals surface area contributed by atoms with Crippen molar-refractivity contribution >= 4 is 23.5 Å². The molecule has 1 heterocycles. The third kappa shape index (κ3) is 7.34. The van der Waals surface area contributed by atoms with Crippen LogP contribution in [0.5, 0.6) is 0 Å². The standard InChI is InChI=1S/C26H30N4O4/c1-2-34-26(33)16-22(11-8-20-6-4-3-5-7-20)28-24(31)18-30-15-14-29(19-25(30)32)23-12-9-21(17-27)10-13-23/h3-7,9-10,12-13,22H,2,8,11,14-16,18-19H2,1H3,(H,28,31). The molecule has 0 radical (unpaired) electrons. The SMILES string of the molecule is CCOC(=O)CC(CCc1ccccc1)NC(=O)CN1CCN(c2ccc(C#N)cc2)CC1=O. The van der Waals surface area contributed by atoms with Gasteiger partial charge in [0, 0.05) is 24.8 Å². The molecule has 1 unspecified atom stereocenters. The van der Waals surface area contributed by atoms with Gasteiger partial charge in [-0.25, -0.2) is 0 Å². The topological polar surface area (TPSA) is 103 Å². The van der Waals surface area contributed by atoms with Gasteiger partial charge in [0.05, 0.1) is 37.7 Å². The molecular formula is C26H30N4O4. The molecule has 1 aliphatic heterocycles. The van der Waals surface area contributed by atoms with Gasteiger partial charge in [-0.1, -0.05) is 30.3 Å². The van der Waals surface area contributed by atoms with Crippen molar-refractivity contribution in [2.75, 3.05) is 37.7 Å². The largest absolute Gasteiger partial charge is 0.466 e. The lowest BCUT2D eigenvalue weighted by molar-refractivity contribution is -0.144. The van der Waals surface area contributed by atoms with Crippen LogP contribution in [0.4, 0.5) is 5.69 Å². The molecule has 0 aromatic heterocycles. The second kappa shape index (κ2) is 12.4. The number of aryl methyl sites for hydroxylation is 1. The van der Waals surface area contributed by atoms with E-state index in [-0.39, 0.29) is 49.9 Å². The summed E-state index contributed by atoms with van der Waals surface area (Å²) in [7, 11) is 0. The zero-order chi connectivity index (χ0) is 24.3. The quantitative estimate of drug-likeness (QED) is 0.544. The summed E-state index contributed by atoms with van der Waals surface area (Å²) < 4.78 is 5.06. The van der Waals surface area contributed by atoms with E-state index >= 15 is 0 Å². The van der Waals surface area contributed by atoms with Crippen molar-refractivity contribution in [2.45, 2.75) is 32.2 Å². The maximum Gasteiger partial charge on any atom is 0.307 e. The van der Waals surface area contributed by atoms with Crippen LogP contribution in [0.15, 0.2) is 54.6 Å². The minimum absolute atomic E-state index is 0.0509. The molecule has 1 aliphatic rings. The number of esters is 1. The number of piperazine rings is 1. The monoisotopic (exact) mass is 462 g/mol. The number of hydrogen-bond acceptors (Lipinski definition) is 6. The molecule has 0 aliphatic carbocycles. The van der Waals surface area contributed by atoms with Gasteiger partial charge in [0.2, 0.25) is 11.8 Å². The van der Waals surface area contributed by atoms with Crippen LogP contribution in [-0.2, 0) is 25.5 Å². The Morgan fingerprint density at radius 2 is 1.85 bits per heavy atom. The molecule has 2 amide bonds. The van der Waals surface area contributed by atoms with Crippen LogP contribution < -0.4 is 10.2 Å². The summed E-state index contributed by atoms with van der Waals surface area (Å²) in [5, 5.41) is 11.9. The van der Waals surface area contributed by atoms with Gasteiger partial charge in [0.1, 0.15) is 0 Å². The Kier molecular flexibility index (Phi) is 9.04. The summed E-state index contributed by atoms with van der Waals surface area (Å²) >= 11 is 0. The molecule has 3 rings (SSSR count). The van der Waals surface area contributed by atoms with Crippen LogP contribution >= 0.6 is 0 Å². The molecule has 2 aromatic carbocycles. The predicted molar refractivity (Wildman–Crippen MR) is 128 cm³/mol. The van der Waals surface area contributed by atoms with Gasteiger partial charge in [-0.2, -0.15) is 5.26 Å². The first kappa shape index (κ1) is 24.8. The van der Waals surface area contributed by atoms with Crippen molar-refractivity contribution in [3.8, 4) is 6.07 Å². The summed E-state index contributed by atoms with van der Waals surface area (Å²) in [5.41, 5.74) is 2.56.